The molecule has 4 rings (SSSR count). The predicted octanol–water partition coefficient (Wildman–Crippen LogP) is 7.55. The number of pyridine rings is 1. The van der Waals surface area contributed by atoms with Crippen molar-refractivity contribution in [2.24, 2.45) is 5.41 Å². The molecule has 2 aromatic carbocycles. The van der Waals surface area contributed by atoms with Gasteiger partial charge in [-0.1, -0.05) is 57.2 Å². The van der Waals surface area contributed by atoms with E-state index in [9.17, 15) is 4.79 Å². The predicted molar refractivity (Wildman–Crippen MR) is 156 cm³/mol. The minimum Gasteiger partial charge on any atom is -0.494 e. The number of aromatic nitrogens is 1. The molecule has 0 unspecified atom stereocenters. The van der Waals surface area contributed by atoms with E-state index < -0.39 is 0 Å². The molecule has 0 radical (unpaired) electrons. The summed E-state index contributed by atoms with van der Waals surface area (Å²) in [6.07, 6.45) is 3.46. The lowest BCUT2D eigenvalue weighted by Crippen LogP contribution is -2.38. The van der Waals surface area contributed by atoms with Gasteiger partial charge in [-0.3, -0.25) is 9.78 Å². The molecule has 38 heavy (non-hydrogen) atoms. The van der Waals surface area contributed by atoms with Gasteiger partial charge in [-0.2, -0.15) is 0 Å². The van der Waals surface area contributed by atoms with Gasteiger partial charge in [-0.15, -0.1) is 0 Å². The first-order valence-corrected chi connectivity index (χ1v) is 14.0. The minimum absolute atomic E-state index is 0.201. The Labute approximate surface area is 228 Å². The number of benzene rings is 2. The first kappa shape index (κ1) is 27.7. The van der Waals surface area contributed by atoms with Gasteiger partial charge in [0.05, 0.1) is 25.3 Å². The van der Waals surface area contributed by atoms with Crippen molar-refractivity contribution in [2.45, 2.75) is 67.2 Å². The molecule has 0 saturated carbocycles. The van der Waals surface area contributed by atoms with Crippen LogP contribution in [0.1, 0.15) is 63.9 Å². The van der Waals surface area contributed by atoms with Crippen molar-refractivity contribution in [3.8, 4) is 28.0 Å². The van der Waals surface area contributed by atoms with E-state index in [1.54, 1.807) is 0 Å². The van der Waals surface area contributed by atoms with Crippen LogP contribution in [0.5, 0.6) is 5.75 Å². The van der Waals surface area contributed by atoms with Crippen LogP contribution in [-0.2, 0) is 16.0 Å². The fourth-order valence-electron chi connectivity index (χ4n) is 5.26. The summed E-state index contributed by atoms with van der Waals surface area (Å²) in [5.74, 6) is 0.699. The van der Waals surface area contributed by atoms with Crippen LogP contribution in [0.2, 0.25) is 0 Å². The highest BCUT2D eigenvalue weighted by Crippen LogP contribution is 2.42. The Morgan fingerprint density at radius 3 is 2.05 bits per heavy atom. The number of hydrogen-bond donors (Lipinski definition) is 0. The maximum atomic E-state index is 12.6. The molecule has 2 heterocycles. The molecular formula is C33H42N2O3. The van der Waals surface area contributed by atoms with Gasteiger partial charge < -0.3 is 14.4 Å². The summed E-state index contributed by atoms with van der Waals surface area (Å²) in [7, 11) is 0. The van der Waals surface area contributed by atoms with E-state index in [2.05, 4.69) is 69.0 Å². The Hall–Kier alpha value is -3.34. The Kier molecular flexibility index (Phi) is 8.76. The second-order valence-corrected chi connectivity index (χ2v) is 11.1. The number of piperidine rings is 1. The van der Waals surface area contributed by atoms with Crippen molar-refractivity contribution in [3.63, 3.8) is 0 Å². The fourth-order valence-corrected chi connectivity index (χ4v) is 5.26. The smallest absolute Gasteiger partial charge is 0.310 e. The lowest BCUT2D eigenvalue weighted by molar-refractivity contribution is -0.142. The third-order valence-electron chi connectivity index (χ3n) is 7.55. The molecule has 0 N–H and O–H groups in total. The summed E-state index contributed by atoms with van der Waals surface area (Å²) in [4.78, 5) is 20.0. The molecule has 5 nitrogen and oxygen atoms in total. The molecule has 3 aromatic rings. The summed E-state index contributed by atoms with van der Waals surface area (Å²) in [6, 6.07) is 17.0. The number of nitrogens with zero attached hydrogens (tertiary/aromatic N) is 2. The van der Waals surface area contributed by atoms with Crippen LogP contribution in [-0.4, -0.2) is 37.3 Å². The fraction of sp³-hybridized carbons (Fsp3) is 0.455. The van der Waals surface area contributed by atoms with Gasteiger partial charge in [-0.05, 0) is 74.3 Å². The van der Waals surface area contributed by atoms with Crippen LogP contribution >= 0.6 is 0 Å². The lowest BCUT2D eigenvalue weighted by Gasteiger charge is -2.40. The van der Waals surface area contributed by atoms with Crippen LogP contribution in [0.25, 0.3) is 22.3 Å². The molecule has 202 valence electrons. The summed E-state index contributed by atoms with van der Waals surface area (Å²) in [5, 5.41) is 0. The quantitative estimate of drug-likeness (QED) is 0.276. The zero-order chi connectivity index (χ0) is 27.3. The van der Waals surface area contributed by atoms with E-state index in [-0.39, 0.29) is 12.4 Å². The van der Waals surface area contributed by atoms with Crippen LogP contribution in [0, 0.1) is 19.3 Å². The van der Waals surface area contributed by atoms with Crippen LogP contribution in [0.3, 0.4) is 0 Å². The van der Waals surface area contributed by atoms with E-state index in [1.165, 1.54) is 0 Å². The van der Waals surface area contributed by atoms with Crippen LogP contribution < -0.4 is 9.64 Å². The maximum Gasteiger partial charge on any atom is 0.310 e. The Morgan fingerprint density at radius 1 is 0.895 bits per heavy atom. The number of esters is 1. The highest BCUT2D eigenvalue weighted by atomic mass is 16.5. The SMILES string of the molecule is CCCOc1ccc(-c2ccc(-c3c(C)nc(C)c(CC(=O)OCC)c3N3CCC(C)(C)CC3)cc2)cc1. The van der Waals surface area contributed by atoms with Gasteiger partial charge in [0, 0.05) is 35.6 Å². The zero-order valence-corrected chi connectivity index (χ0v) is 23.9. The molecule has 0 amide bonds. The summed E-state index contributed by atoms with van der Waals surface area (Å²) in [5.41, 5.74) is 8.88. The molecule has 5 heteroatoms. The van der Waals surface area contributed by atoms with E-state index in [0.717, 1.165) is 89.6 Å². The molecule has 1 aromatic heterocycles. The number of rotatable bonds is 9. The second-order valence-electron chi connectivity index (χ2n) is 11.1. The largest absolute Gasteiger partial charge is 0.494 e. The molecule has 0 bridgehead atoms. The number of hydrogen-bond acceptors (Lipinski definition) is 5. The van der Waals surface area contributed by atoms with E-state index in [1.807, 2.05) is 26.0 Å². The molecule has 0 aliphatic carbocycles. The number of ether oxygens (including phenoxy) is 2. The van der Waals surface area contributed by atoms with E-state index in [0.29, 0.717) is 12.0 Å². The molecule has 1 aliphatic heterocycles. The molecule has 1 saturated heterocycles. The summed E-state index contributed by atoms with van der Waals surface area (Å²) in [6.45, 7) is 15.8. The lowest BCUT2D eigenvalue weighted by atomic mass is 9.82. The van der Waals surface area contributed by atoms with Crippen molar-refractivity contribution in [3.05, 3.63) is 65.5 Å². The zero-order valence-electron chi connectivity index (χ0n) is 23.9. The standard InChI is InChI=1S/C33H42N2O3/c1-7-21-38-28-15-13-26(14-16-28)25-9-11-27(12-10-25)31-24(4)34-23(3)29(22-30(36)37-8-2)32(31)35-19-17-33(5,6)18-20-35/h9-16H,7-8,17-22H2,1-6H3. The molecular weight excluding hydrogens is 472 g/mol. The second kappa shape index (κ2) is 12.0. The van der Waals surface area contributed by atoms with Crippen molar-refractivity contribution < 1.29 is 14.3 Å². The number of carbonyl (C=O) groups excluding carboxylic acids is 1. The van der Waals surface area contributed by atoms with Gasteiger partial charge in [0.15, 0.2) is 0 Å². The average molecular weight is 515 g/mol. The highest BCUT2D eigenvalue weighted by Gasteiger charge is 2.30. The first-order chi connectivity index (χ1) is 18.2. The minimum atomic E-state index is -0.201. The number of aryl methyl sites for hydroxylation is 2. The van der Waals surface area contributed by atoms with Crippen LogP contribution in [0.15, 0.2) is 48.5 Å². The maximum absolute atomic E-state index is 12.6. The third kappa shape index (κ3) is 6.38. The highest BCUT2D eigenvalue weighted by molar-refractivity contribution is 5.87. The van der Waals surface area contributed by atoms with E-state index in [4.69, 9.17) is 14.5 Å². The topological polar surface area (TPSA) is 51.7 Å². The molecule has 1 aliphatic rings. The van der Waals surface area contributed by atoms with Crippen molar-refractivity contribution in [1.82, 2.24) is 4.98 Å². The Morgan fingerprint density at radius 2 is 1.47 bits per heavy atom. The summed E-state index contributed by atoms with van der Waals surface area (Å²) >= 11 is 0. The molecule has 0 spiro atoms. The Bertz CT molecular complexity index is 1240. The van der Waals surface area contributed by atoms with Crippen molar-refractivity contribution in [2.75, 3.05) is 31.2 Å². The third-order valence-corrected chi connectivity index (χ3v) is 7.55. The van der Waals surface area contributed by atoms with Crippen LogP contribution in [0.4, 0.5) is 5.69 Å². The molecule has 0 atom stereocenters. The van der Waals surface area contributed by atoms with Crippen molar-refractivity contribution >= 4 is 11.7 Å². The van der Waals surface area contributed by atoms with Gasteiger partial charge in [-0.25, -0.2) is 0 Å². The monoisotopic (exact) mass is 514 g/mol. The molecule has 1 fully saturated rings. The van der Waals surface area contributed by atoms with Gasteiger partial charge in [0.25, 0.3) is 0 Å². The number of anilines is 1. The number of carbonyl (C=O) groups is 1. The van der Waals surface area contributed by atoms with Crippen molar-refractivity contribution in [1.29, 1.82) is 0 Å². The first-order valence-electron chi connectivity index (χ1n) is 14.0. The average Bonchev–Trinajstić information content (AvgIpc) is 2.90. The normalized spacial score (nSPS) is 14.8. The summed E-state index contributed by atoms with van der Waals surface area (Å²) < 4.78 is 11.1. The van der Waals surface area contributed by atoms with Gasteiger partial charge >= 0.3 is 5.97 Å². The van der Waals surface area contributed by atoms with Gasteiger partial charge in [0.1, 0.15) is 5.75 Å². The van der Waals surface area contributed by atoms with Gasteiger partial charge in [0.2, 0.25) is 0 Å². The van der Waals surface area contributed by atoms with E-state index >= 15 is 0 Å². The Balaban J connectivity index is 1.73.